The minimum Gasteiger partial charge on any atom is -0.385 e. The Morgan fingerprint density at radius 1 is 0.964 bits per heavy atom. The molecular weight excluding hydrogens is 396 g/mol. The van der Waals surface area contributed by atoms with Crippen LogP contribution in [0.4, 0.5) is 0 Å². The maximum atomic E-state index is 13.2. The van der Waals surface area contributed by atoms with Crippen LogP contribution in [0.1, 0.15) is 26.9 Å². The lowest BCUT2D eigenvalue weighted by Crippen LogP contribution is -2.43. The van der Waals surface area contributed by atoms with Gasteiger partial charge in [0.15, 0.2) is 11.4 Å². The molecule has 3 aromatic rings. The summed E-state index contributed by atoms with van der Waals surface area (Å²) in [6.07, 6.45) is -0.856. The van der Waals surface area contributed by atoms with Gasteiger partial charge in [-0.1, -0.05) is 71.9 Å². The Bertz CT molecular complexity index is 1100. The second-order valence-electron chi connectivity index (χ2n) is 6.15. The fraction of sp³-hybridized carbons (Fsp3) is 0.100. The number of hydrogen-bond donors (Lipinski definition) is 1. The Kier molecular flexibility index (Phi) is 4.97. The van der Waals surface area contributed by atoms with Crippen LogP contribution in [0, 0.1) is 0 Å². The van der Waals surface area contributed by atoms with Gasteiger partial charge in [-0.3, -0.25) is 4.79 Å². The minimum absolute atomic E-state index is 0.265. The molecule has 28 heavy (non-hydrogen) atoms. The van der Waals surface area contributed by atoms with Crippen molar-refractivity contribution < 1.29 is 18.0 Å². The van der Waals surface area contributed by atoms with Gasteiger partial charge in [0.1, 0.15) is 5.71 Å². The first kappa shape index (κ1) is 18.4. The van der Waals surface area contributed by atoms with Crippen molar-refractivity contribution >= 4 is 33.0 Å². The van der Waals surface area contributed by atoms with Crippen LogP contribution in [0.25, 0.3) is 0 Å². The Hall–Kier alpha value is -2.97. The summed E-state index contributed by atoms with van der Waals surface area (Å²) in [5.41, 5.74) is 1.55. The third-order valence-corrected chi connectivity index (χ3v) is 6.80. The largest absolute Gasteiger partial charge is 0.385 e. The molecular formula is C20H16N2O4S2. The Labute approximate surface area is 166 Å². The van der Waals surface area contributed by atoms with Gasteiger partial charge in [0.2, 0.25) is 10.0 Å². The van der Waals surface area contributed by atoms with E-state index in [0.29, 0.717) is 16.0 Å². The molecule has 2 unspecified atom stereocenters. The predicted octanol–water partition coefficient (Wildman–Crippen LogP) is 3.35. The van der Waals surface area contributed by atoms with Crippen molar-refractivity contribution in [2.75, 3.05) is 0 Å². The van der Waals surface area contributed by atoms with Gasteiger partial charge in [0.05, 0.1) is 4.88 Å². The zero-order valence-corrected chi connectivity index (χ0v) is 16.2. The lowest BCUT2D eigenvalue weighted by molar-refractivity contribution is 0.0865. The van der Waals surface area contributed by atoms with Crippen LogP contribution in [0.2, 0.25) is 0 Å². The SMILES string of the molecule is O=C(NS(=O)(=O)C1C(c2ccccc2)=NOC1c1ccccc1)c1cccs1. The number of oxime groups is 1. The topological polar surface area (TPSA) is 84.8 Å². The standard InChI is InChI=1S/C20H16N2O4S2/c23-20(16-12-7-13-27-16)22-28(24,25)19-17(14-8-3-1-4-9-14)21-26-18(19)15-10-5-2-6-11-15/h1-13,18-19H,(H,22,23). The molecule has 6 nitrogen and oxygen atoms in total. The molecule has 1 N–H and O–H groups in total. The molecule has 2 atom stereocenters. The molecule has 0 spiro atoms. The van der Waals surface area contributed by atoms with Crippen LogP contribution < -0.4 is 4.72 Å². The number of benzene rings is 2. The molecule has 0 bridgehead atoms. The van der Waals surface area contributed by atoms with Gasteiger partial charge >= 0.3 is 0 Å². The summed E-state index contributed by atoms with van der Waals surface area (Å²) in [4.78, 5) is 18.3. The van der Waals surface area contributed by atoms with Crippen molar-refractivity contribution in [2.24, 2.45) is 5.16 Å². The molecule has 0 saturated heterocycles. The molecule has 2 heterocycles. The number of rotatable bonds is 5. The van der Waals surface area contributed by atoms with E-state index in [1.54, 1.807) is 66.0 Å². The van der Waals surface area contributed by atoms with Gasteiger partial charge in [0.25, 0.3) is 5.91 Å². The van der Waals surface area contributed by atoms with Gasteiger partial charge in [-0.2, -0.15) is 0 Å². The predicted molar refractivity (Wildman–Crippen MR) is 108 cm³/mol. The summed E-state index contributed by atoms with van der Waals surface area (Å²) in [5, 5.41) is 4.62. The van der Waals surface area contributed by atoms with Gasteiger partial charge in [0, 0.05) is 5.56 Å². The monoisotopic (exact) mass is 412 g/mol. The second-order valence-corrected chi connectivity index (χ2v) is 8.90. The molecule has 0 aliphatic carbocycles. The van der Waals surface area contributed by atoms with Crippen LogP contribution in [-0.4, -0.2) is 25.3 Å². The molecule has 1 aliphatic rings. The average Bonchev–Trinajstić information content (AvgIpc) is 3.39. The van der Waals surface area contributed by atoms with E-state index < -0.39 is 27.3 Å². The highest BCUT2D eigenvalue weighted by molar-refractivity contribution is 7.91. The first-order valence-electron chi connectivity index (χ1n) is 8.50. The zero-order valence-electron chi connectivity index (χ0n) is 14.6. The fourth-order valence-electron chi connectivity index (χ4n) is 3.03. The second kappa shape index (κ2) is 7.57. The van der Waals surface area contributed by atoms with E-state index in [9.17, 15) is 13.2 Å². The molecule has 0 saturated carbocycles. The number of amides is 1. The summed E-state index contributed by atoms with van der Waals surface area (Å²) in [5.74, 6) is -0.666. The maximum Gasteiger partial charge on any atom is 0.274 e. The molecule has 0 radical (unpaired) electrons. The number of thiophene rings is 1. The molecule has 8 heteroatoms. The van der Waals surface area contributed by atoms with Crippen molar-refractivity contribution in [1.29, 1.82) is 0 Å². The zero-order chi connectivity index (χ0) is 19.6. The summed E-state index contributed by atoms with van der Waals surface area (Å²) >= 11 is 1.17. The van der Waals surface area contributed by atoms with Crippen molar-refractivity contribution in [2.45, 2.75) is 11.4 Å². The third-order valence-electron chi connectivity index (χ3n) is 4.32. The molecule has 1 amide bonds. The molecule has 4 rings (SSSR count). The smallest absolute Gasteiger partial charge is 0.274 e. The van der Waals surface area contributed by atoms with Crippen LogP contribution in [0.3, 0.4) is 0 Å². The minimum atomic E-state index is -4.13. The number of hydrogen-bond acceptors (Lipinski definition) is 6. The first-order chi connectivity index (χ1) is 13.6. The number of sulfonamides is 1. The summed E-state index contributed by atoms with van der Waals surface area (Å²) in [7, 11) is -4.13. The molecule has 2 aromatic carbocycles. The van der Waals surface area contributed by atoms with Gasteiger partial charge in [-0.05, 0) is 17.0 Å². The Morgan fingerprint density at radius 2 is 1.64 bits per heavy atom. The van der Waals surface area contributed by atoms with E-state index in [4.69, 9.17) is 4.84 Å². The summed E-state index contributed by atoms with van der Waals surface area (Å²) < 4.78 is 28.6. The summed E-state index contributed by atoms with van der Waals surface area (Å²) in [6, 6.07) is 21.2. The Morgan fingerprint density at radius 3 is 2.29 bits per heavy atom. The highest BCUT2D eigenvalue weighted by Crippen LogP contribution is 2.34. The van der Waals surface area contributed by atoms with Crippen LogP contribution in [-0.2, 0) is 14.9 Å². The molecule has 1 aliphatic heterocycles. The number of carbonyl (C=O) groups is 1. The third kappa shape index (κ3) is 3.56. The Balaban J connectivity index is 1.72. The maximum absolute atomic E-state index is 13.2. The van der Waals surface area contributed by atoms with Gasteiger partial charge in [-0.25, -0.2) is 13.1 Å². The van der Waals surface area contributed by atoms with E-state index in [-0.39, 0.29) is 5.71 Å². The van der Waals surface area contributed by atoms with E-state index in [1.165, 1.54) is 11.3 Å². The van der Waals surface area contributed by atoms with E-state index in [0.717, 1.165) is 0 Å². The quantitative estimate of drug-likeness (QED) is 0.696. The molecule has 142 valence electrons. The summed E-state index contributed by atoms with van der Waals surface area (Å²) in [6.45, 7) is 0. The van der Waals surface area contributed by atoms with Crippen molar-refractivity contribution in [3.05, 3.63) is 94.2 Å². The normalized spacial score (nSPS) is 18.9. The lowest BCUT2D eigenvalue weighted by Gasteiger charge is -2.20. The van der Waals surface area contributed by atoms with E-state index in [1.807, 2.05) is 12.1 Å². The van der Waals surface area contributed by atoms with Crippen LogP contribution in [0.5, 0.6) is 0 Å². The highest BCUT2D eigenvalue weighted by atomic mass is 32.2. The van der Waals surface area contributed by atoms with Gasteiger partial charge < -0.3 is 4.84 Å². The number of nitrogens with one attached hydrogen (secondary N) is 1. The van der Waals surface area contributed by atoms with Crippen LogP contribution >= 0.6 is 11.3 Å². The molecule has 0 fully saturated rings. The van der Waals surface area contributed by atoms with E-state index in [2.05, 4.69) is 9.88 Å². The van der Waals surface area contributed by atoms with Crippen molar-refractivity contribution in [3.8, 4) is 0 Å². The average molecular weight is 412 g/mol. The number of nitrogens with zero attached hydrogens (tertiary/aromatic N) is 1. The number of carbonyl (C=O) groups excluding carboxylic acids is 1. The van der Waals surface area contributed by atoms with Gasteiger partial charge in [-0.15, -0.1) is 11.3 Å². The van der Waals surface area contributed by atoms with Crippen molar-refractivity contribution in [1.82, 2.24) is 4.72 Å². The lowest BCUT2D eigenvalue weighted by atomic mass is 10.00. The van der Waals surface area contributed by atoms with Crippen LogP contribution in [0.15, 0.2) is 83.3 Å². The highest BCUT2D eigenvalue weighted by Gasteiger charge is 2.46. The van der Waals surface area contributed by atoms with E-state index >= 15 is 0 Å². The molecule has 1 aromatic heterocycles. The first-order valence-corrected chi connectivity index (χ1v) is 10.9. The fourth-order valence-corrected chi connectivity index (χ4v) is 5.21. The van der Waals surface area contributed by atoms with Crippen molar-refractivity contribution in [3.63, 3.8) is 0 Å².